The molecular weight excluding hydrogens is 368 g/mol. The van der Waals surface area contributed by atoms with Gasteiger partial charge in [-0.3, -0.25) is 9.59 Å². The molecule has 114 valence electrons. The zero-order valence-corrected chi connectivity index (χ0v) is 13.9. The van der Waals surface area contributed by atoms with Crippen molar-refractivity contribution >= 4 is 45.0 Å². The molecule has 0 saturated heterocycles. The smallest absolute Gasteiger partial charge is 0.251 e. The number of nitrogens with one attached hydrogen (secondary N) is 2. The Labute approximate surface area is 142 Å². The van der Waals surface area contributed by atoms with Crippen LogP contribution in [0.1, 0.15) is 16.8 Å². The molecule has 0 fully saturated rings. The first-order valence-electron chi connectivity index (χ1n) is 6.64. The second-order valence-electron chi connectivity index (χ2n) is 4.57. The topological polar surface area (TPSA) is 58.2 Å². The van der Waals surface area contributed by atoms with E-state index in [1.807, 2.05) is 12.1 Å². The van der Waals surface area contributed by atoms with Gasteiger partial charge in [-0.15, -0.1) is 0 Å². The fourth-order valence-corrected chi connectivity index (χ4v) is 2.14. The molecule has 0 bridgehead atoms. The largest absolute Gasteiger partial charge is 0.352 e. The van der Waals surface area contributed by atoms with E-state index >= 15 is 0 Å². The molecule has 0 radical (unpaired) electrons. The summed E-state index contributed by atoms with van der Waals surface area (Å²) in [7, 11) is 0. The molecule has 4 nitrogen and oxygen atoms in total. The molecule has 2 rings (SSSR count). The molecule has 2 aromatic carbocycles. The highest BCUT2D eigenvalue weighted by atomic mass is 79.9. The third-order valence-electron chi connectivity index (χ3n) is 2.87. The molecular formula is C16H14BrClN2O2. The molecule has 0 aromatic heterocycles. The van der Waals surface area contributed by atoms with Crippen molar-refractivity contribution < 1.29 is 9.59 Å². The minimum Gasteiger partial charge on any atom is -0.352 e. The minimum atomic E-state index is -0.229. The Kier molecular flexibility index (Phi) is 5.98. The van der Waals surface area contributed by atoms with E-state index in [4.69, 9.17) is 11.6 Å². The van der Waals surface area contributed by atoms with Gasteiger partial charge in [-0.05, 0) is 48.5 Å². The zero-order chi connectivity index (χ0) is 15.9. The minimum absolute atomic E-state index is 0.154. The maximum absolute atomic E-state index is 11.8. The van der Waals surface area contributed by atoms with Gasteiger partial charge < -0.3 is 10.6 Å². The summed E-state index contributed by atoms with van der Waals surface area (Å²) in [6.07, 6.45) is 0.204. The summed E-state index contributed by atoms with van der Waals surface area (Å²) in [5.74, 6) is -0.383. The van der Waals surface area contributed by atoms with Gasteiger partial charge in [0, 0.05) is 33.7 Å². The van der Waals surface area contributed by atoms with Crippen LogP contribution in [0.4, 0.5) is 5.69 Å². The number of halogens is 2. The molecule has 0 aliphatic rings. The van der Waals surface area contributed by atoms with Gasteiger partial charge in [0.15, 0.2) is 0 Å². The van der Waals surface area contributed by atoms with E-state index in [2.05, 4.69) is 26.6 Å². The highest BCUT2D eigenvalue weighted by molar-refractivity contribution is 9.10. The van der Waals surface area contributed by atoms with Crippen LogP contribution in [0.5, 0.6) is 0 Å². The quantitative estimate of drug-likeness (QED) is 0.826. The van der Waals surface area contributed by atoms with E-state index in [1.165, 1.54) is 0 Å². The van der Waals surface area contributed by atoms with Crippen LogP contribution >= 0.6 is 27.5 Å². The van der Waals surface area contributed by atoms with Crippen LogP contribution in [0.2, 0.25) is 5.02 Å². The fourth-order valence-electron chi connectivity index (χ4n) is 1.75. The van der Waals surface area contributed by atoms with Crippen LogP contribution in [0, 0.1) is 0 Å². The molecule has 0 heterocycles. The van der Waals surface area contributed by atoms with E-state index in [0.29, 0.717) is 10.6 Å². The van der Waals surface area contributed by atoms with Gasteiger partial charge in [0.25, 0.3) is 5.91 Å². The standard InChI is InChI=1S/C16H14BrClN2O2/c17-12-3-7-14(8-4-12)20-15(21)9-10-19-16(22)11-1-5-13(18)6-2-11/h1-8H,9-10H2,(H,19,22)(H,20,21). The lowest BCUT2D eigenvalue weighted by atomic mass is 10.2. The summed E-state index contributed by atoms with van der Waals surface area (Å²) in [5.41, 5.74) is 1.23. The summed E-state index contributed by atoms with van der Waals surface area (Å²) in [6.45, 7) is 0.268. The van der Waals surface area contributed by atoms with Crippen molar-refractivity contribution in [2.75, 3.05) is 11.9 Å². The Morgan fingerprint density at radius 3 is 2.27 bits per heavy atom. The van der Waals surface area contributed by atoms with Crippen molar-refractivity contribution in [1.29, 1.82) is 0 Å². The number of carbonyl (C=O) groups excluding carboxylic acids is 2. The first-order valence-corrected chi connectivity index (χ1v) is 7.81. The summed E-state index contributed by atoms with van der Waals surface area (Å²) in [6, 6.07) is 13.9. The molecule has 0 saturated carbocycles. The SMILES string of the molecule is O=C(CCNC(=O)c1ccc(Cl)cc1)Nc1ccc(Br)cc1. The lowest BCUT2D eigenvalue weighted by Gasteiger charge is -2.07. The molecule has 0 aliphatic carbocycles. The van der Waals surface area contributed by atoms with Gasteiger partial charge in [-0.1, -0.05) is 27.5 Å². The molecule has 0 aliphatic heterocycles. The predicted octanol–water partition coefficient (Wildman–Crippen LogP) is 3.86. The fraction of sp³-hybridized carbons (Fsp3) is 0.125. The monoisotopic (exact) mass is 380 g/mol. The number of hydrogen-bond acceptors (Lipinski definition) is 2. The van der Waals surface area contributed by atoms with Crippen LogP contribution in [0.15, 0.2) is 53.0 Å². The molecule has 0 atom stereocenters. The summed E-state index contributed by atoms with van der Waals surface area (Å²) >= 11 is 9.09. The van der Waals surface area contributed by atoms with Crippen molar-refractivity contribution in [3.63, 3.8) is 0 Å². The first-order chi connectivity index (χ1) is 10.5. The van der Waals surface area contributed by atoms with Crippen LogP contribution in [0.25, 0.3) is 0 Å². The van der Waals surface area contributed by atoms with Crippen LogP contribution < -0.4 is 10.6 Å². The highest BCUT2D eigenvalue weighted by Crippen LogP contribution is 2.14. The van der Waals surface area contributed by atoms with Crippen LogP contribution in [-0.4, -0.2) is 18.4 Å². The van der Waals surface area contributed by atoms with Crippen molar-refractivity contribution in [2.45, 2.75) is 6.42 Å². The Bertz CT molecular complexity index is 657. The number of carbonyl (C=O) groups is 2. The number of amides is 2. The molecule has 6 heteroatoms. The van der Waals surface area contributed by atoms with Gasteiger partial charge in [0.05, 0.1) is 0 Å². The maximum Gasteiger partial charge on any atom is 0.251 e. The maximum atomic E-state index is 11.8. The lowest BCUT2D eigenvalue weighted by Crippen LogP contribution is -2.27. The van der Waals surface area contributed by atoms with Crippen molar-refractivity contribution in [2.24, 2.45) is 0 Å². The Balaban J connectivity index is 1.75. The summed E-state index contributed by atoms with van der Waals surface area (Å²) in [4.78, 5) is 23.6. The molecule has 2 aromatic rings. The average Bonchev–Trinajstić information content (AvgIpc) is 2.50. The molecule has 0 unspecified atom stereocenters. The average molecular weight is 382 g/mol. The third-order valence-corrected chi connectivity index (χ3v) is 3.65. The van der Waals surface area contributed by atoms with E-state index in [1.54, 1.807) is 36.4 Å². The summed E-state index contributed by atoms with van der Waals surface area (Å²) in [5, 5.41) is 6.03. The Hall–Kier alpha value is -1.85. The van der Waals surface area contributed by atoms with E-state index in [9.17, 15) is 9.59 Å². The second-order valence-corrected chi connectivity index (χ2v) is 5.92. The van der Waals surface area contributed by atoms with Gasteiger partial charge in [-0.2, -0.15) is 0 Å². The van der Waals surface area contributed by atoms with Gasteiger partial charge in [0.2, 0.25) is 5.91 Å². The number of benzene rings is 2. The van der Waals surface area contributed by atoms with Gasteiger partial charge in [0.1, 0.15) is 0 Å². The number of hydrogen-bond donors (Lipinski definition) is 2. The van der Waals surface area contributed by atoms with E-state index < -0.39 is 0 Å². The van der Waals surface area contributed by atoms with Crippen molar-refractivity contribution in [1.82, 2.24) is 5.32 Å². The number of anilines is 1. The number of rotatable bonds is 5. The van der Waals surface area contributed by atoms with Crippen molar-refractivity contribution in [3.8, 4) is 0 Å². The molecule has 0 spiro atoms. The molecule has 2 amide bonds. The summed E-state index contributed by atoms with van der Waals surface area (Å²) < 4.78 is 0.945. The Morgan fingerprint density at radius 1 is 1.00 bits per heavy atom. The normalized spacial score (nSPS) is 10.1. The third kappa shape index (κ3) is 5.16. The van der Waals surface area contributed by atoms with Crippen LogP contribution in [-0.2, 0) is 4.79 Å². The molecule has 22 heavy (non-hydrogen) atoms. The van der Waals surface area contributed by atoms with Gasteiger partial charge >= 0.3 is 0 Å². The van der Waals surface area contributed by atoms with Crippen molar-refractivity contribution in [3.05, 3.63) is 63.6 Å². The highest BCUT2D eigenvalue weighted by Gasteiger charge is 2.07. The van der Waals surface area contributed by atoms with Crippen LogP contribution in [0.3, 0.4) is 0 Å². The van der Waals surface area contributed by atoms with E-state index in [-0.39, 0.29) is 24.8 Å². The molecule has 2 N–H and O–H groups in total. The predicted molar refractivity (Wildman–Crippen MR) is 91.2 cm³/mol. The van der Waals surface area contributed by atoms with E-state index in [0.717, 1.165) is 10.2 Å². The first kappa shape index (κ1) is 16.5. The lowest BCUT2D eigenvalue weighted by molar-refractivity contribution is -0.116. The van der Waals surface area contributed by atoms with Gasteiger partial charge in [-0.25, -0.2) is 0 Å². The Morgan fingerprint density at radius 2 is 1.64 bits per heavy atom. The zero-order valence-electron chi connectivity index (χ0n) is 11.6. The second kappa shape index (κ2) is 7.96.